The minimum absolute atomic E-state index is 0.0958. The minimum atomic E-state index is -0.555. The average molecular weight is 235 g/mol. The van der Waals surface area contributed by atoms with E-state index in [9.17, 15) is 9.18 Å². The van der Waals surface area contributed by atoms with Crippen LogP contribution in [0.3, 0.4) is 0 Å². The van der Waals surface area contributed by atoms with Gasteiger partial charge in [0.2, 0.25) is 0 Å². The fourth-order valence-electron chi connectivity index (χ4n) is 1.38. The molecule has 1 heterocycles. The number of H-pyrrole nitrogens is 1. The van der Waals surface area contributed by atoms with Gasteiger partial charge in [-0.3, -0.25) is 0 Å². The molecule has 0 aliphatic rings. The smallest absolute Gasteiger partial charge is 0.361 e. The standard InChI is InChI=1S/C11H10FN3O2/c1-2-17-11(16)10-9(13-15-14-10)7-3-5-8(12)6-4-7/h3-6H,2H2,1H3,(H,13,14,15). The van der Waals surface area contributed by atoms with Gasteiger partial charge in [0.05, 0.1) is 6.61 Å². The number of nitrogens with zero attached hydrogens (tertiary/aromatic N) is 2. The van der Waals surface area contributed by atoms with Crippen LogP contribution in [0.15, 0.2) is 24.3 Å². The zero-order chi connectivity index (χ0) is 12.3. The summed E-state index contributed by atoms with van der Waals surface area (Å²) >= 11 is 0. The summed E-state index contributed by atoms with van der Waals surface area (Å²) in [5.41, 5.74) is 1.05. The monoisotopic (exact) mass is 235 g/mol. The molecule has 2 rings (SSSR count). The second kappa shape index (κ2) is 4.73. The molecule has 5 nitrogen and oxygen atoms in total. The van der Waals surface area contributed by atoms with E-state index >= 15 is 0 Å². The predicted octanol–water partition coefficient (Wildman–Crippen LogP) is 1.79. The summed E-state index contributed by atoms with van der Waals surface area (Å²) < 4.78 is 17.6. The van der Waals surface area contributed by atoms with Crippen LogP contribution in [0.2, 0.25) is 0 Å². The van der Waals surface area contributed by atoms with Crippen molar-refractivity contribution in [3.63, 3.8) is 0 Å². The molecular weight excluding hydrogens is 225 g/mol. The molecule has 0 saturated heterocycles. The molecule has 0 aliphatic heterocycles. The van der Waals surface area contributed by atoms with E-state index in [-0.39, 0.29) is 18.1 Å². The second-order valence-electron chi connectivity index (χ2n) is 3.25. The molecule has 0 saturated carbocycles. The number of aromatic nitrogens is 3. The molecule has 6 heteroatoms. The minimum Gasteiger partial charge on any atom is -0.461 e. The Balaban J connectivity index is 2.36. The number of ether oxygens (including phenoxy) is 1. The van der Waals surface area contributed by atoms with Crippen LogP contribution in [-0.2, 0) is 4.74 Å². The van der Waals surface area contributed by atoms with Crippen molar-refractivity contribution >= 4 is 5.97 Å². The number of esters is 1. The van der Waals surface area contributed by atoms with Crippen LogP contribution in [-0.4, -0.2) is 28.0 Å². The zero-order valence-corrected chi connectivity index (χ0v) is 9.11. The molecule has 1 aromatic carbocycles. The number of rotatable bonds is 3. The lowest BCUT2D eigenvalue weighted by Crippen LogP contribution is -2.06. The first-order valence-electron chi connectivity index (χ1n) is 5.06. The Bertz CT molecular complexity index is 522. The molecule has 1 aromatic heterocycles. The SMILES string of the molecule is CCOC(=O)c1n[nH]nc1-c1ccc(F)cc1. The zero-order valence-electron chi connectivity index (χ0n) is 9.11. The summed E-state index contributed by atoms with van der Waals surface area (Å²) in [7, 11) is 0. The normalized spacial score (nSPS) is 10.2. The third-order valence-electron chi connectivity index (χ3n) is 2.13. The van der Waals surface area contributed by atoms with Crippen LogP contribution in [0, 0.1) is 5.82 Å². The van der Waals surface area contributed by atoms with Crippen molar-refractivity contribution in [3.05, 3.63) is 35.8 Å². The fraction of sp³-hybridized carbons (Fsp3) is 0.182. The summed E-state index contributed by atoms with van der Waals surface area (Å²) in [6, 6.07) is 5.63. The van der Waals surface area contributed by atoms with Gasteiger partial charge < -0.3 is 4.74 Å². The van der Waals surface area contributed by atoms with Crippen LogP contribution in [0.25, 0.3) is 11.3 Å². The number of nitrogens with one attached hydrogen (secondary N) is 1. The molecule has 0 fully saturated rings. The molecule has 17 heavy (non-hydrogen) atoms. The highest BCUT2D eigenvalue weighted by atomic mass is 19.1. The highest BCUT2D eigenvalue weighted by Crippen LogP contribution is 2.20. The highest BCUT2D eigenvalue weighted by molar-refractivity contribution is 5.93. The number of carbonyl (C=O) groups excluding carboxylic acids is 1. The number of aromatic amines is 1. The van der Waals surface area contributed by atoms with E-state index in [1.807, 2.05) is 0 Å². The molecular formula is C11H10FN3O2. The molecule has 0 atom stereocenters. The molecule has 0 amide bonds. The topological polar surface area (TPSA) is 67.9 Å². The first-order valence-corrected chi connectivity index (χ1v) is 5.06. The van der Waals surface area contributed by atoms with Crippen LogP contribution in [0.5, 0.6) is 0 Å². The van der Waals surface area contributed by atoms with E-state index < -0.39 is 5.97 Å². The Morgan fingerprint density at radius 1 is 1.35 bits per heavy atom. The number of hydrogen-bond acceptors (Lipinski definition) is 4. The molecule has 1 N–H and O–H groups in total. The number of carbonyl (C=O) groups is 1. The maximum absolute atomic E-state index is 12.8. The Labute approximate surface area is 96.6 Å². The van der Waals surface area contributed by atoms with Gasteiger partial charge in [-0.15, -0.1) is 5.10 Å². The van der Waals surface area contributed by atoms with Gasteiger partial charge in [-0.2, -0.15) is 10.3 Å². The van der Waals surface area contributed by atoms with Crippen molar-refractivity contribution in [1.82, 2.24) is 15.4 Å². The fourth-order valence-corrected chi connectivity index (χ4v) is 1.38. The predicted molar refractivity (Wildman–Crippen MR) is 57.7 cm³/mol. The maximum Gasteiger partial charge on any atom is 0.361 e. The summed E-state index contributed by atoms with van der Waals surface area (Å²) in [5, 5.41) is 9.95. The van der Waals surface area contributed by atoms with E-state index in [0.29, 0.717) is 11.3 Å². The van der Waals surface area contributed by atoms with Gasteiger partial charge in [0.15, 0.2) is 5.69 Å². The van der Waals surface area contributed by atoms with Crippen LogP contribution >= 0.6 is 0 Å². The van der Waals surface area contributed by atoms with Crippen molar-refractivity contribution in [2.75, 3.05) is 6.61 Å². The van der Waals surface area contributed by atoms with Gasteiger partial charge in [0.1, 0.15) is 11.5 Å². The van der Waals surface area contributed by atoms with Crippen molar-refractivity contribution in [3.8, 4) is 11.3 Å². The molecule has 0 aliphatic carbocycles. The summed E-state index contributed by atoms with van der Waals surface area (Å²) in [6.07, 6.45) is 0. The van der Waals surface area contributed by atoms with E-state index in [2.05, 4.69) is 15.4 Å². The lowest BCUT2D eigenvalue weighted by Gasteiger charge is -2.00. The van der Waals surface area contributed by atoms with Crippen LogP contribution in [0.1, 0.15) is 17.4 Å². The molecule has 0 spiro atoms. The second-order valence-corrected chi connectivity index (χ2v) is 3.25. The molecule has 88 valence electrons. The van der Waals surface area contributed by atoms with Crippen molar-refractivity contribution in [2.45, 2.75) is 6.92 Å². The quantitative estimate of drug-likeness (QED) is 0.823. The largest absolute Gasteiger partial charge is 0.461 e. The molecule has 0 radical (unpaired) electrons. The third kappa shape index (κ3) is 2.30. The van der Waals surface area contributed by atoms with Gasteiger partial charge in [-0.05, 0) is 31.2 Å². The van der Waals surface area contributed by atoms with E-state index in [0.717, 1.165) is 0 Å². The van der Waals surface area contributed by atoms with Gasteiger partial charge in [-0.1, -0.05) is 0 Å². The Morgan fingerprint density at radius 2 is 2.06 bits per heavy atom. The van der Waals surface area contributed by atoms with Gasteiger partial charge in [0, 0.05) is 5.56 Å². The van der Waals surface area contributed by atoms with E-state index in [4.69, 9.17) is 4.74 Å². The lowest BCUT2D eigenvalue weighted by atomic mass is 10.1. The Hall–Kier alpha value is -2.24. The maximum atomic E-state index is 12.8. The Kier molecular flexibility index (Phi) is 3.13. The third-order valence-corrected chi connectivity index (χ3v) is 2.13. The summed E-state index contributed by atoms with van der Waals surface area (Å²) in [6.45, 7) is 1.96. The number of benzene rings is 1. The van der Waals surface area contributed by atoms with Crippen LogP contribution in [0.4, 0.5) is 4.39 Å². The van der Waals surface area contributed by atoms with Gasteiger partial charge >= 0.3 is 5.97 Å². The number of hydrogen-bond donors (Lipinski definition) is 1. The van der Waals surface area contributed by atoms with E-state index in [1.165, 1.54) is 24.3 Å². The first-order chi connectivity index (χ1) is 8.22. The van der Waals surface area contributed by atoms with Crippen molar-refractivity contribution in [2.24, 2.45) is 0 Å². The first kappa shape index (κ1) is 11.3. The lowest BCUT2D eigenvalue weighted by molar-refractivity contribution is 0.0520. The van der Waals surface area contributed by atoms with Crippen molar-refractivity contribution < 1.29 is 13.9 Å². The van der Waals surface area contributed by atoms with E-state index in [1.54, 1.807) is 6.92 Å². The Morgan fingerprint density at radius 3 is 2.71 bits per heavy atom. The van der Waals surface area contributed by atoms with Gasteiger partial charge in [-0.25, -0.2) is 9.18 Å². The molecule has 2 aromatic rings. The van der Waals surface area contributed by atoms with Gasteiger partial charge in [0.25, 0.3) is 0 Å². The average Bonchev–Trinajstić information content (AvgIpc) is 2.79. The highest BCUT2D eigenvalue weighted by Gasteiger charge is 2.18. The van der Waals surface area contributed by atoms with Crippen LogP contribution < -0.4 is 0 Å². The summed E-state index contributed by atoms with van der Waals surface area (Å²) in [4.78, 5) is 11.5. The molecule has 0 unspecified atom stereocenters. The number of halogens is 1. The summed E-state index contributed by atoms with van der Waals surface area (Å²) in [5.74, 6) is -0.907. The van der Waals surface area contributed by atoms with Crippen molar-refractivity contribution in [1.29, 1.82) is 0 Å². The molecule has 0 bridgehead atoms.